The second-order valence-corrected chi connectivity index (χ2v) is 11.5. The van der Waals surface area contributed by atoms with E-state index in [2.05, 4.69) is 37.4 Å². The number of carbonyl (C=O) groups excluding carboxylic acids is 2. The van der Waals surface area contributed by atoms with Crippen LogP contribution in [0.25, 0.3) is 0 Å². The highest BCUT2D eigenvalue weighted by Crippen LogP contribution is 2.23. The third-order valence-electron chi connectivity index (χ3n) is 7.24. The van der Waals surface area contributed by atoms with Gasteiger partial charge in [-0.2, -0.15) is 0 Å². The molecule has 1 saturated carbocycles. The van der Waals surface area contributed by atoms with Gasteiger partial charge >= 0.3 is 0 Å². The quantitative estimate of drug-likeness (QED) is 0.293. The lowest BCUT2D eigenvalue weighted by Gasteiger charge is -2.32. The fourth-order valence-electron chi connectivity index (χ4n) is 5.38. The van der Waals surface area contributed by atoms with Crippen LogP contribution in [0.5, 0.6) is 5.75 Å². The predicted octanol–water partition coefficient (Wildman–Crippen LogP) is 6.24. The predicted molar refractivity (Wildman–Crippen MR) is 160 cm³/mol. The smallest absolute Gasteiger partial charge is 0.243 e. The van der Waals surface area contributed by atoms with Crippen LogP contribution >= 0.6 is 11.8 Å². The number of carbonyl (C=O) groups is 2. The van der Waals surface area contributed by atoms with Crippen LogP contribution in [0.2, 0.25) is 0 Å². The van der Waals surface area contributed by atoms with Crippen molar-refractivity contribution in [1.82, 2.24) is 10.2 Å². The second kappa shape index (κ2) is 14.2. The number of rotatable bonds is 12. The normalized spacial score (nSPS) is 14.1. The van der Waals surface area contributed by atoms with Crippen LogP contribution in [0.3, 0.4) is 0 Å². The lowest BCUT2D eigenvalue weighted by atomic mass is 10.0. The topological polar surface area (TPSA) is 58.6 Å². The van der Waals surface area contributed by atoms with Crippen molar-refractivity contribution >= 4 is 23.6 Å². The van der Waals surface area contributed by atoms with Gasteiger partial charge in [-0.15, -0.1) is 11.8 Å². The SMILES string of the molecule is COc1cccc(CN(C(=O)CSCc2cc(C)cc(C)c2)[C@H](Cc2ccccc2)C(=O)NC2CCCC2)c1. The molecule has 4 rings (SSSR count). The van der Waals surface area contributed by atoms with Crippen LogP contribution in [-0.4, -0.2) is 41.7 Å². The second-order valence-electron chi connectivity index (χ2n) is 10.6. The summed E-state index contributed by atoms with van der Waals surface area (Å²) in [5.74, 6) is 1.69. The summed E-state index contributed by atoms with van der Waals surface area (Å²) in [5.41, 5.74) is 5.64. The molecular weight excluding hydrogens is 504 g/mol. The van der Waals surface area contributed by atoms with E-state index in [1.807, 2.05) is 54.6 Å². The van der Waals surface area contributed by atoms with Crippen LogP contribution < -0.4 is 10.1 Å². The molecule has 1 atom stereocenters. The van der Waals surface area contributed by atoms with Gasteiger partial charge in [0.1, 0.15) is 11.8 Å². The number of aryl methyl sites for hydroxylation is 2. The van der Waals surface area contributed by atoms with Crippen LogP contribution in [0.1, 0.15) is 53.5 Å². The van der Waals surface area contributed by atoms with Gasteiger partial charge < -0.3 is 15.0 Å². The first-order chi connectivity index (χ1) is 18.9. The first kappa shape index (κ1) is 28.8. The third-order valence-corrected chi connectivity index (χ3v) is 8.22. The highest BCUT2D eigenvalue weighted by Gasteiger charge is 2.32. The van der Waals surface area contributed by atoms with E-state index < -0.39 is 6.04 Å². The van der Waals surface area contributed by atoms with Crippen LogP contribution in [-0.2, 0) is 28.3 Å². The summed E-state index contributed by atoms with van der Waals surface area (Å²) in [5, 5.41) is 3.27. The van der Waals surface area contributed by atoms with Crippen molar-refractivity contribution in [2.75, 3.05) is 12.9 Å². The van der Waals surface area contributed by atoms with Crippen molar-refractivity contribution in [3.05, 3.63) is 101 Å². The van der Waals surface area contributed by atoms with E-state index in [4.69, 9.17) is 4.74 Å². The molecule has 0 aliphatic heterocycles. The lowest BCUT2D eigenvalue weighted by Crippen LogP contribution is -2.52. The summed E-state index contributed by atoms with van der Waals surface area (Å²) in [6.45, 7) is 4.54. The molecular formula is C33H40N2O3S. The zero-order chi connectivity index (χ0) is 27.6. The Morgan fingerprint density at radius 3 is 2.31 bits per heavy atom. The fraction of sp³-hybridized carbons (Fsp3) is 0.394. The monoisotopic (exact) mass is 544 g/mol. The maximum absolute atomic E-state index is 13.9. The molecule has 1 aliphatic rings. The van der Waals surface area contributed by atoms with E-state index in [0.29, 0.717) is 18.7 Å². The number of hydrogen-bond acceptors (Lipinski definition) is 4. The number of amides is 2. The van der Waals surface area contributed by atoms with Gasteiger partial charge in [-0.25, -0.2) is 0 Å². The van der Waals surface area contributed by atoms with Gasteiger partial charge in [-0.3, -0.25) is 9.59 Å². The molecule has 206 valence electrons. The largest absolute Gasteiger partial charge is 0.497 e. The van der Waals surface area contributed by atoms with Gasteiger partial charge in [-0.1, -0.05) is 84.6 Å². The highest BCUT2D eigenvalue weighted by molar-refractivity contribution is 7.99. The van der Waals surface area contributed by atoms with Crippen molar-refractivity contribution in [1.29, 1.82) is 0 Å². The number of methoxy groups -OCH3 is 1. The molecule has 0 heterocycles. The molecule has 2 amide bonds. The molecule has 5 nitrogen and oxygen atoms in total. The molecule has 0 bridgehead atoms. The van der Waals surface area contributed by atoms with Gasteiger partial charge in [0.25, 0.3) is 0 Å². The van der Waals surface area contributed by atoms with Gasteiger partial charge in [0, 0.05) is 24.8 Å². The zero-order valence-corrected chi connectivity index (χ0v) is 24.1. The van der Waals surface area contributed by atoms with Crippen molar-refractivity contribution in [2.24, 2.45) is 0 Å². The number of nitrogens with zero attached hydrogens (tertiary/aromatic N) is 1. The average molecular weight is 545 g/mol. The van der Waals surface area contributed by atoms with E-state index in [1.54, 1.807) is 23.8 Å². The number of hydrogen-bond donors (Lipinski definition) is 1. The van der Waals surface area contributed by atoms with E-state index in [0.717, 1.165) is 48.3 Å². The molecule has 0 radical (unpaired) electrons. The molecule has 3 aromatic rings. The molecule has 0 spiro atoms. The van der Waals surface area contributed by atoms with Gasteiger partial charge in [-0.05, 0) is 55.5 Å². The summed E-state index contributed by atoms with van der Waals surface area (Å²) in [6, 6.07) is 23.8. The van der Waals surface area contributed by atoms with Gasteiger partial charge in [0.15, 0.2) is 0 Å². The minimum absolute atomic E-state index is 0.0327. The standard InChI is InChI=1S/C33H40N2O3S/c1-24-16-25(2)18-28(17-24)22-39-23-32(36)35(21-27-12-9-15-30(19-27)38-3)31(20-26-10-5-4-6-11-26)33(37)34-29-13-7-8-14-29/h4-6,9-12,15-19,29,31H,7-8,13-14,20-23H2,1-3H3,(H,34,37)/t31-/m1/s1. The summed E-state index contributed by atoms with van der Waals surface area (Å²) < 4.78 is 5.44. The maximum Gasteiger partial charge on any atom is 0.243 e. The van der Waals surface area contributed by atoms with Crippen LogP contribution in [0.15, 0.2) is 72.8 Å². The van der Waals surface area contributed by atoms with E-state index in [9.17, 15) is 9.59 Å². The Morgan fingerprint density at radius 1 is 0.923 bits per heavy atom. The Bertz CT molecular complexity index is 1220. The van der Waals surface area contributed by atoms with Crippen molar-refractivity contribution in [3.8, 4) is 5.75 Å². The molecule has 1 fully saturated rings. The molecule has 1 N–H and O–H groups in total. The fourth-order valence-corrected chi connectivity index (χ4v) is 6.23. The van der Waals surface area contributed by atoms with E-state index in [-0.39, 0.29) is 17.9 Å². The Labute approximate surface area is 237 Å². The van der Waals surface area contributed by atoms with Gasteiger partial charge in [0.2, 0.25) is 11.8 Å². The van der Waals surface area contributed by atoms with Gasteiger partial charge in [0.05, 0.1) is 12.9 Å². The molecule has 0 aromatic heterocycles. The van der Waals surface area contributed by atoms with Crippen LogP contribution in [0.4, 0.5) is 0 Å². The molecule has 3 aromatic carbocycles. The van der Waals surface area contributed by atoms with Crippen molar-refractivity contribution in [2.45, 2.75) is 70.3 Å². The van der Waals surface area contributed by atoms with Crippen LogP contribution in [0, 0.1) is 13.8 Å². The first-order valence-electron chi connectivity index (χ1n) is 13.8. The Morgan fingerprint density at radius 2 is 1.62 bits per heavy atom. The summed E-state index contributed by atoms with van der Waals surface area (Å²) >= 11 is 1.60. The minimum atomic E-state index is -0.603. The van der Waals surface area contributed by atoms with E-state index in [1.165, 1.54) is 16.7 Å². The molecule has 0 unspecified atom stereocenters. The molecule has 39 heavy (non-hydrogen) atoms. The number of ether oxygens (including phenoxy) is 1. The molecule has 0 saturated heterocycles. The van der Waals surface area contributed by atoms with E-state index >= 15 is 0 Å². The summed E-state index contributed by atoms with van der Waals surface area (Å²) in [6.07, 6.45) is 4.74. The Kier molecular flexibility index (Phi) is 10.5. The Balaban J connectivity index is 1.58. The molecule has 6 heteroatoms. The summed E-state index contributed by atoms with van der Waals surface area (Å²) in [7, 11) is 1.64. The number of benzene rings is 3. The number of thioether (sulfide) groups is 1. The third kappa shape index (κ3) is 8.62. The zero-order valence-electron chi connectivity index (χ0n) is 23.3. The lowest BCUT2D eigenvalue weighted by molar-refractivity contribution is -0.139. The summed E-state index contributed by atoms with van der Waals surface area (Å²) in [4.78, 5) is 29.5. The average Bonchev–Trinajstić information content (AvgIpc) is 3.43. The number of nitrogens with one attached hydrogen (secondary N) is 1. The maximum atomic E-state index is 13.9. The Hall–Kier alpha value is -3.25. The van der Waals surface area contributed by atoms with Crippen molar-refractivity contribution < 1.29 is 14.3 Å². The van der Waals surface area contributed by atoms with Crippen molar-refractivity contribution in [3.63, 3.8) is 0 Å². The minimum Gasteiger partial charge on any atom is -0.497 e. The highest BCUT2D eigenvalue weighted by atomic mass is 32.2. The molecule has 1 aliphatic carbocycles. The first-order valence-corrected chi connectivity index (χ1v) is 15.0.